The number of nitrogens with zero attached hydrogens (tertiary/aromatic N) is 2. The first kappa shape index (κ1) is 13.5. The van der Waals surface area contributed by atoms with Crippen LogP contribution in [0.2, 0.25) is 0 Å². The van der Waals surface area contributed by atoms with Gasteiger partial charge in [0.1, 0.15) is 0 Å². The molecule has 0 aliphatic carbocycles. The van der Waals surface area contributed by atoms with E-state index in [2.05, 4.69) is 17.1 Å². The molecule has 2 aromatic heterocycles. The summed E-state index contributed by atoms with van der Waals surface area (Å²) in [6.07, 6.45) is 0.965. The highest BCUT2D eigenvalue weighted by Crippen LogP contribution is 2.29. The smallest absolute Gasteiger partial charge is 0.335 e. The summed E-state index contributed by atoms with van der Waals surface area (Å²) < 4.78 is 5.27. The van der Waals surface area contributed by atoms with Crippen molar-refractivity contribution >= 4 is 17.3 Å². The average molecular weight is 300 g/mol. The monoisotopic (exact) mass is 300 g/mol. The third kappa shape index (κ3) is 2.71. The number of aromatic carboxylic acids is 1. The SMILES string of the molecule is CCc1ccc(-c2nc(-c3cccc(C(=O)O)c3)no2)s1. The molecule has 0 saturated carbocycles. The summed E-state index contributed by atoms with van der Waals surface area (Å²) in [5.41, 5.74) is 0.820. The van der Waals surface area contributed by atoms with Crippen LogP contribution in [0.3, 0.4) is 0 Å². The average Bonchev–Trinajstić information content (AvgIpc) is 3.16. The Morgan fingerprint density at radius 3 is 2.90 bits per heavy atom. The molecule has 3 rings (SSSR count). The molecule has 0 spiro atoms. The molecule has 0 saturated heterocycles. The van der Waals surface area contributed by atoms with Gasteiger partial charge in [-0.15, -0.1) is 11.3 Å². The number of hydrogen-bond donors (Lipinski definition) is 1. The summed E-state index contributed by atoms with van der Waals surface area (Å²) in [6, 6.07) is 10.5. The van der Waals surface area contributed by atoms with Crippen molar-refractivity contribution in [1.82, 2.24) is 10.1 Å². The number of rotatable bonds is 4. The molecule has 21 heavy (non-hydrogen) atoms. The molecule has 0 radical (unpaired) electrons. The van der Waals surface area contributed by atoms with Gasteiger partial charge in [-0.2, -0.15) is 4.98 Å². The van der Waals surface area contributed by atoms with E-state index in [9.17, 15) is 4.79 Å². The number of aromatic nitrogens is 2. The van der Waals surface area contributed by atoms with Crippen molar-refractivity contribution in [2.75, 3.05) is 0 Å². The van der Waals surface area contributed by atoms with Gasteiger partial charge in [-0.3, -0.25) is 0 Å². The molecule has 5 nitrogen and oxygen atoms in total. The molecule has 2 heterocycles. The van der Waals surface area contributed by atoms with E-state index in [1.54, 1.807) is 23.5 Å². The van der Waals surface area contributed by atoms with Gasteiger partial charge >= 0.3 is 5.97 Å². The van der Waals surface area contributed by atoms with Crippen LogP contribution in [0.1, 0.15) is 22.2 Å². The van der Waals surface area contributed by atoms with Crippen molar-refractivity contribution in [3.8, 4) is 22.2 Å². The lowest BCUT2D eigenvalue weighted by Gasteiger charge is -1.96. The van der Waals surface area contributed by atoms with Crippen molar-refractivity contribution in [1.29, 1.82) is 0 Å². The van der Waals surface area contributed by atoms with Gasteiger partial charge in [0.2, 0.25) is 5.82 Å². The number of carboxylic acid groups (broad SMARTS) is 1. The molecule has 0 atom stereocenters. The quantitative estimate of drug-likeness (QED) is 0.794. The molecular formula is C15H12N2O3S. The number of carbonyl (C=O) groups is 1. The highest BCUT2D eigenvalue weighted by atomic mass is 32.1. The lowest BCUT2D eigenvalue weighted by molar-refractivity contribution is 0.0697. The summed E-state index contributed by atoms with van der Waals surface area (Å²) in [4.78, 5) is 17.5. The van der Waals surface area contributed by atoms with E-state index < -0.39 is 5.97 Å². The summed E-state index contributed by atoms with van der Waals surface area (Å²) in [7, 11) is 0. The summed E-state index contributed by atoms with van der Waals surface area (Å²) >= 11 is 1.61. The fraction of sp³-hybridized carbons (Fsp3) is 0.133. The van der Waals surface area contributed by atoms with Crippen molar-refractivity contribution < 1.29 is 14.4 Å². The van der Waals surface area contributed by atoms with E-state index in [1.807, 2.05) is 12.1 Å². The van der Waals surface area contributed by atoms with Gasteiger partial charge < -0.3 is 9.63 Å². The van der Waals surface area contributed by atoms with E-state index in [4.69, 9.17) is 9.63 Å². The lowest BCUT2D eigenvalue weighted by atomic mass is 10.1. The lowest BCUT2D eigenvalue weighted by Crippen LogP contribution is -1.96. The predicted molar refractivity (Wildman–Crippen MR) is 79.4 cm³/mol. The highest BCUT2D eigenvalue weighted by Gasteiger charge is 2.13. The molecule has 6 heteroatoms. The molecule has 0 unspecified atom stereocenters. The van der Waals surface area contributed by atoms with Crippen LogP contribution in [0.5, 0.6) is 0 Å². The minimum Gasteiger partial charge on any atom is -0.478 e. The van der Waals surface area contributed by atoms with E-state index in [1.165, 1.54) is 17.0 Å². The van der Waals surface area contributed by atoms with Gasteiger partial charge in [-0.25, -0.2) is 4.79 Å². The second-order valence-corrected chi connectivity index (χ2v) is 5.60. The fourth-order valence-electron chi connectivity index (χ4n) is 1.92. The number of hydrogen-bond acceptors (Lipinski definition) is 5. The van der Waals surface area contributed by atoms with E-state index >= 15 is 0 Å². The summed E-state index contributed by atoms with van der Waals surface area (Å²) in [5, 5.41) is 12.9. The van der Waals surface area contributed by atoms with Crippen LogP contribution < -0.4 is 0 Å². The van der Waals surface area contributed by atoms with Crippen molar-refractivity contribution in [2.45, 2.75) is 13.3 Å². The first-order valence-corrected chi connectivity index (χ1v) is 7.25. The Kier molecular flexibility index (Phi) is 3.53. The Morgan fingerprint density at radius 2 is 2.19 bits per heavy atom. The van der Waals surface area contributed by atoms with Crippen LogP contribution in [0.15, 0.2) is 40.9 Å². The molecule has 0 bridgehead atoms. The van der Waals surface area contributed by atoms with Crippen LogP contribution in [-0.4, -0.2) is 21.2 Å². The highest BCUT2D eigenvalue weighted by molar-refractivity contribution is 7.15. The third-order valence-corrected chi connectivity index (χ3v) is 4.23. The first-order valence-electron chi connectivity index (χ1n) is 6.44. The van der Waals surface area contributed by atoms with Crippen molar-refractivity contribution in [2.24, 2.45) is 0 Å². The van der Waals surface area contributed by atoms with Crippen molar-refractivity contribution in [3.63, 3.8) is 0 Å². The van der Waals surface area contributed by atoms with Crippen LogP contribution in [0.4, 0.5) is 0 Å². The molecule has 106 valence electrons. The molecule has 0 aliphatic heterocycles. The van der Waals surface area contributed by atoms with Gasteiger partial charge in [0, 0.05) is 10.4 Å². The van der Waals surface area contributed by atoms with Crippen LogP contribution >= 0.6 is 11.3 Å². The maximum absolute atomic E-state index is 11.0. The van der Waals surface area contributed by atoms with Gasteiger partial charge in [-0.05, 0) is 30.7 Å². The second-order valence-electron chi connectivity index (χ2n) is 4.43. The minimum atomic E-state index is -0.980. The molecular weight excluding hydrogens is 288 g/mol. The topological polar surface area (TPSA) is 76.2 Å². The number of benzene rings is 1. The molecule has 0 amide bonds. The first-order chi connectivity index (χ1) is 10.2. The van der Waals surface area contributed by atoms with Gasteiger partial charge in [0.25, 0.3) is 5.89 Å². The molecule has 1 aromatic carbocycles. The van der Waals surface area contributed by atoms with Crippen molar-refractivity contribution in [3.05, 3.63) is 46.8 Å². The summed E-state index contributed by atoms with van der Waals surface area (Å²) in [6.45, 7) is 2.09. The Labute approximate surface area is 124 Å². The minimum absolute atomic E-state index is 0.197. The second kappa shape index (κ2) is 5.49. The fourth-order valence-corrected chi connectivity index (χ4v) is 2.78. The Morgan fingerprint density at radius 1 is 1.33 bits per heavy atom. The van der Waals surface area contributed by atoms with E-state index in [-0.39, 0.29) is 5.56 Å². The normalized spacial score (nSPS) is 10.7. The van der Waals surface area contributed by atoms with Crippen LogP contribution in [-0.2, 0) is 6.42 Å². The van der Waals surface area contributed by atoms with Gasteiger partial charge in [0.15, 0.2) is 0 Å². The molecule has 0 aliphatic rings. The van der Waals surface area contributed by atoms with E-state index in [0.29, 0.717) is 17.3 Å². The molecule has 1 N–H and O–H groups in total. The number of thiophene rings is 1. The van der Waals surface area contributed by atoms with Crippen LogP contribution in [0, 0.1) is 0 Å². The maximum atomic E-state index is 11.0. The van der Waals surface area contributed by atoms with Gasteiger partial charge in [-0.1, -0.05) is 24.2 Å². The zero-order valence-electron chi connectivity index (χ0n) is 11.2. The zero-order chi connectivity index (χ0) is 14.8. The predicted octanol–water partition coefficient (Wildman–Crippen LogP) is 3.73. The Bertz CT molecular complexity index is 792. The molecule has 3 aromatic rings. The zero-order valence-corrected chi connectivity index (χ0v) is 12.1. The van der Waals surface area contributed by atoms with Gasteiger partial charge in [0.05, 0.1) is 10.4 Å². The largest absolute Gasteiger partial charge is 0.478 e. The van der Waals surface area contributed by atoms with E-state index in [0.717, 1.165) is 11.3 Å². The van der Waals surface area contributed by atoms with Crippen LogP contribution in [0.25, 0.3) is 22.2 Å². The maximum Gasteiger partial charge on any atom is 0.335 e. The number of carboxylic acids is 1. The molecule has 0 fully saturated rings. The third-order valence-electron chi connectivity index (χ3n) is 3.01. The number of aryl methyl sites for hydroxylation is 1. The standard InChI is InChI=1S/C15H12N2O3S/c1-2-11-6-7-12(21-11)14-16-13(17-20-14)9-4-3-5-10(8-9)15(18)19/h3-8H,2H2,1H3,(H,18,19). The Hall–Kier alpha value is -2.47. The summed E-state index contributed by atoms with van der Waals surface area (Å²) in [5.74, 6) is -0.138. The Balaban J connectivity index is 1.94.